The number of hydrogen-bond acceptors (Lipinski definition) is 5. The summed E-state index contributed by atoms with van der Waals surface area (Å²) in [4.78, 5) is 12.9. The van der Waals surface area contributed by atoms with Gasteiger partial charge in [0.1, 0.15) is 0 Å². The standard InChI is InChI=1S/C23H28N2O5S/c1-7-25-19-13-21(30-6)20(29-5)12-18(19)15(3)22(31(25,27)28)23(26)24-16(4)17-10-8-14(2)9-11-17/h8-13,16H,7H2,1-6H3,(H,24,26)/t16-/m0/s1. The highest BCUT2D eigenvalue weighted by Crippen LogP contribution is 2.44. The van der Waals surface area contributed by atoms with Crippen LogP contribution in [0.15, 0.2) is 41.3 Å². The molecule has 1 aliphatic rings. The number of ether oxygens (including phenoxy) is 2. The molecule has 0 aliphatic carbocycles. The average molecular weight is 445 g/mol. The summed E-state index contributed by atoms with van der Waals surface area (Å²) in [5.41, 5.74) is 3.44. The van der Waals surface area contributed by atoms with Crippen LogP contribution in [0.4, 0.5) is 5.69 Å². The van der Waals surface area contributed by atoms with Crippen molar-refractivity contribution in [2.24, 2.45) is 0 Å². The molecule has 0 bridgehead atoms. The first-order valence-corrected chi connectivity index (χ1v) is 11.5. The van der Waals surface area contributed by atoms with Gasteiger partial charge in [-0.25, -0.2) is 8.42 Å². The molecule has 0 unspecified atom stereocenters. The molecule has 1 aliphatic heterocycles. The van der Waals surface area contributed by atoms with Gasteiger partial charge in [-0.2, -0.15) is 0 Å². The van der Waals surface area contributed by atoms with Crippen LogP contribution in [-0.2, 0) is 14.8 Å². The van der Waals surface area contributed by atoms with Gasteiger partial charge in [0.15, 0.2) is 16.4 Å². The van der Waals surface area contributed by atoms with Crippen molar-refractivity contribution in [1.29, 1.82) is 0 Å². The molecule has 0 aromatic heterocycles. The minimum absolute atomic E-state index is 0.169. The molecule has 166 valence electrons. The Bertz CT molecular complexity index is 1140. The van der Waals surface area contributed by atoms with Crippen LogP contribution in [0.1, 0.15) is 43.5 Å². The van der Waals surface area contributed by atoms with Crippen LogP contribution in [0, 0.1) is 6.92 Å². The number of benzene rings is 2. The van der Waals surface area contributed by atoms with Crippen LogP contribution in [-0.4, -0.2) is 35.1 Å². The number of sulfonamides is 1. The fourth-order valence-electron chi connectivity index (χ4n) is 3.76. The number of allylic oxidation sites excluding steroid dienone is 1. The van der Waals surface area contributed by atoms with Gasteiger partial charge >= 0.3 is 0 Å². The lowest BCUT2D eigenvalue weighted by molar-refractivity contribution is -0.117. The Morgan fingerprint density at radius 1 is 1.06 bits per heavy atom. The second-order valence-electron chi connectivity index (χ2n) is 7.45. The van der Waals surface area contributed by atoms with Gasteiger partial charge in [-0.15, -0.1) is 0 Å². The lowest BCUT2D eigenvalue weighted by atomic mass is 10.0. The van der Waals surface area contributed by atoms with Crippen molar-refractivity contribution in [3.8, 4) is 11.5 Å². The summed E-state index contributed by atoms with van der Waals surface area (Å²) in [7, 11) is -1.05. The van der Waals surface area contributed by atoms with Crippen molar-refractivity contribution in [3.05, 3.63) is 58.0 Å². The number of fused-ring (bicyclic) bond motifs is 1. The number of amides is 1. The number of methoxy groups -OCH3 is 2. The van der Waals surface area contributed by atoms with E-state index in [4.69, 9.17) is 9.47 Å². The van der Waals surface area contributed by atoms with E-state index in [1.165, 1.54) is 18.5 Å². The number of carbonyl (C=O) groups excluding carboxylic acids is 1. The van der Waals surface area contributed by atoms with Crippen LogP contribution in [0.3, 0.4) is 0 Å². The van der Waals surface area contributed by atoms with Crippen molar-refractivity contribution < 1.29 is 22.7 Å². The fraction of sp³-hybridized carbons (Fsp3) is 0.348. The lowest BCUT2D eigenvalue weighted by Gasteiger charge is -2.32. The molecule has 0 fully saturated rings. The minimum Gasteiger partial charge on any atom is -0.493 e. The summed E-state index contributed by atoms with van der Waals surface area (Å²) >= 11 is 0. The van der Waals surface area contributed by atoms with E-state index >= 15 is 0 Å². The summed E-state index contributed by atoms with van der Waals surface area (Å²) in [5, 5.41) is 2.84. The smallest absolute Gasteiger partial charge is 0.270 e. The Hall–Kier alpha value is -3.00. The zero-order chi connectivity index (χ0) is 22.9. The molecule has 7 nitrogen and oxygen atoms in total. The van der Waals surface area contributed by atoms with Crippen molar-refractivity contribution >= 4 is 27.2 Å². The Labute approximate surface area is 183 Å². The molecule has 1 atom stereocenters. The van der Waals surface area contributed by atoms with E-state index in [1.54, 1.807) is 26.0 Å². The molecule has 2 aromatic carbocycles. The van der Waals surface area contributed by atoms with Crippen molar-refractivity contribution in [2.75, 3.05) is 25.1 Å². The van der Waals surface area contributed by atoms with E-state index in [9.17, 15) is 13.2 Å². The first-order valence-electron chi connectivity index (χ1n) is 10.0. The maximum Gasteiger partial charge on any atom is 0.270 e. The lowest BCUT2D eigenvalue weighted by Crippen LogP contribution is -2.41. The molecule has 2 aromatic rings. The maximum absolute atomic E-state index is 13.4. The van der Waals surface area contributed by atoms with Gasteiger partial charge in [-0.1, -0.05) is 29.8 Å². The Kier molecular flexibility index (Phi) is 6.31. The SMILES string of the molecule is CCN1c2cc(OC)c(OC)cc2C(C)=C(C(=O)N[C@@H](C)c2ccc(C)cc2)S1(=O)=O. The molecule has 3 rings (SSSR count). The Morgan fingerprint density at radius 3 is 2.19 bits per heavy atom. The third-order valence-corrected chi connectivity index (χ3v) is 7.52. The molecule has 0 saturated carbocycles. The summed E-state index contributed by atoms with van der Waals surface area (Å²) in [6, 6.07) is 10.7. The molecule has 1 N–H and O–H groups in total. The van der Waals surface area contributed by atoms with E-state index in [2.05, 4.69) is 5.32 Å². The molecule has 31 heavy (non-hydrogen) atoms. The second kappa shape index (κ2) is 8.63. The summed E-state index contributed by atoms with van der Waals surface area (Å²) in [5.74, 6) is 0.247. The summed E-state index contributed by atoms with van der Waals surface area (Å²) < 4.78 is 38.8. The first-order chi connectivity index (χ1) is 14.6. The van der Waals surface area contributed by atoms with Crippen LogP contribution >= 0.6 is 0 Å². The molecular formula is C23H28N2O5S. The third-order valence-electron chi connectivity index (χ3n) is 5.48. The molecule has 0 radical (unpaired) electrons. The number of rotatable bonds is 6. The molecular weight excluding hydrogens is 416 g/mol. The van der Waals surface area contributed by atoms with E-state index in [0.29, 0.717) is 28.3 Å². The number of carbonyl (C=O) groups is 1. The predicted molar refractivity (Wildman–Crippen MR) is 122 cm³/mol. The number of aryl methyl sites for hydroxylation is 1. The van der Waals surface area contributed by atoms with Gasteiger partial charge in [-0.05, 0) is 44.9 Å². The maximum atomic E-state index is 13.4. The predicted octanol–water partition coefficient (Wildman–Crippen LogP) is 3.79. The summed E-state index contributed by atoms with van der Waals surface area (Å²) in [6.07, 6.45) is 0. The summed E-state index contributed by atoms with van der Waals surface area (Å²) in [6.45, 7) is 7.34. The highest BCUT2D eigenvalue weighted by atomic mass is 32.2. The van der Waals surface area contributed by atoms with Crippen LogP contribution < -0.4 is 19.1 Å². The van der Waals surface area contributed by atoms with Gasteiger partial charge < -0.3 is 14.8 Å². The average Bonchev–Trinajstić information content (AvgIpc) is 2.73. The highest BCUT2D eigenvalue weighted by molar-refractivity contribution is 7.97. The van der Waals surface area contributed by atoms with Gasteiger partial charge in [0.25, 0.3) is 15.9 Å². The highest BCUT2D eigenvalue weighted by Gasteiger charge is 2.40. The Balaban J connectivity index is 2.09. The Morgan fingerprint density at radius 2 is 1.65 bits per heavy atom. The number of anilines is 1. The third kappa shape index (κ3) is 3.99. The van der Waals surface area contributed by atoms with Crippen molar-refractivity contribution in [3.63, 3.8) is 0 Å². The van der Waals surface area contributed by atoms with Crippen LogP contribution in [0.5, 0.6) is 11.5 Å². The fourth-order valence-corrected chi connectivity index (χ4v) is 5.52. The largest absolute Gasteiger partial charge is 0.493 e. The zero-order valence-corrected chi connectivity index (χ0v) is 19.5. The van der Waals surface area contributed by atoms with Gasteiger partial charge in [-0.3, -0.25) is 9.10 Å². The topological polar surface area (TPSA) is 84.9 Å². The van der Waals surface area contributed by atoms with Crippen LogP contribution in [0.25, 0.3) is 5.57 Å². The zero-order valence-electron chi connectivity index (χ0n) is 18.6. The number of hydrogen-bond donors (Lipinski definition) is 1. The van der Waals surface area contributed by atoms with Crippen molar-refractivity contribution in [1.82, 2.24) is 5.32 Å². The van der Waals surface area contributed by atoms with E-state index in [-0.39, 0.29) is 17.5 Å². The molecule has 0 spiro atoms. The molecule has 1 heterocycles. The number of nitrogens with one attached hydrogen (secondary N) is 1. The molecule has 1 amide bonds. The molecule has 8 heteroatoms. The van der Waals surface area contributed by atoms with Gasteiger partial charge in [0, 0.05) is 18.2 Å². The monoisotopic (exact) mass is 444 g/mol. The van der Waals surface area contributed by atoms with Crippen LogP contribution in [0.2, 0.25) is 0 Å². The molecule has 0 saturated heterocycles. The van der Waals surface area contributed by atoms with E-state index in [1.807, 2.05) is 38.1 Å². The minimum atomic E-state index is -4.05. The van der Waals surface area contributed by atoms with E-state index < -0.39 is 15.9 Å². The number of nitrogens with zero attached hydrogens (tertiary/aromatic N) is 1. The quantitative estimate of drug-likeness (QED) is 0.733. The van der Waals surface area contributed by atoms with Crippen molar-refractivity contribution in [2.45, 2.75) is 33.7 Å². The first kappa shape index (κ1) is 22.7. The van der Waals surface area contributed by atoms with E-state index in [0.717, 1.165) is 11.1 Å². The normalized spacial score (nSPS) is 15.9. The van der Waals surface area contributed by atoms with Gasteiger partial charge in [0.2, 0.25) is 0 Å². The van der Waals surface area contributed by atoms with Gasteiger partial charge in [0.05, 0.1) is 25.9 Å². The second-order valence-corrected chi connectivity index (χ2v) is 9.25.